The van der Waals surface area contributed by atoms with Crippen molar-refractivity contribution < 1.29 is 19.8 Å². The third-order valence-corrected chi connectivity index (χ3v) is 4.28. The zero-order valence-electron chi connectivity index (χ0n) is 15.2. The number of aliphatic hydroxyl groups is 1. The lowest BCUT2D eigenvalue weighted by atomic mass is 9.91. The molecule has 1 atom stereocenters. The van der Waals surface area contributed by atoms with Crippen molar-refractivity contribution in [2.24, 2.45) is 5.92 Å². The third-order valence-electron chi connectivity index (χ3n) is 4.28. The van der Waals surface area contributed by atoms with Crippen LogP contribution in [0.4, 0.5) is 0 Å². The van der Waals surface area contributed by atoms with Gasteiger partial charge in [-0.2, -0.15) is 0 Å². The highest BCUT2D eigenvalue weighted by Crippen LogP contribution is 2.39. The van der Waals surface area contributed by atoms with Crippen LogP contribution < -0.4 is 0 Å². The molecule has 1 unspecified atom stereocenters. The molecular weight excluding hydrogens is 320 g/mol. The lowest BCUT2D eigenvalue weighted by Crippen LogP contribution is -2.33. The predicted octanol–water partition coefficient (Wildman–Crippen LogP) is 2.26. The van der Waals surface area contributed by atoms with E-state index >= 15 is 0 Å². The van der Waals surface area contributed by atoms with Crippen molar-refractivity contribution in [3.8, 4) is 5.75 Å². The van der Waals surface area contributed by atoms with E-state index in [4.69, 9.17) is 0 Å². The molecule has 6 heteroatoms. The summed E-state index contributed by atoms with van der Waals surface area (Å²) < 4.78 is 0. The Kier molecular flexibility index (Phi) is 5.85. The molecule has 0 saturated carbocycles. The molecule has 0 fully saturated rings. The maximum absolute atomic E-state index is 12.6. The first-order valence-electron chi connectivity index (χ1n) is 8.46. The first-order chi connectivity index (χ1) is 11.7. The zero-order chi connectivity index (χ0) is 18.7. The molecule has 6 nitrogen and oxygen atoms in total. The molecule has 1 heterocycles. The highest BCUT2D eigenvalue weighted by Gasteiger charge is 2.43. The van der Waals surface area contributed by atoms with Crippen LogP contribution >= 0.6 is 0 Å². The van der Waals surface area contributed by atoms with Crippen LogP contribution in [0, 0.1) is 5.92 Å². The first kappa shape index (κ1) is 19.0. The van der Waals surface area contributed by atoms with Crippen molar-refractivity contribution in [3.05, 3.63) is 41.2 Å². The molecule has 0 saturated heterocycles. The summed E-state index contributed by atoms with van der Waals surface area (Å²) in [6, 6.07) is 5.81. The van der Waals surface area contributed by atoms with Crippen molar-refractivity contribution >= 4 is 11.7 Å². The number of aliphatic hydroxyl groups excluding tert-OH is 1. The molecule has 0 spiro atoms. The maximum Gasteiger partial charge on any atom is 0.290 e. The van der Waals surface area contributed by atoms with Crippen molar-refractivity contribution in [1.82, 2.24) is 9.80 Å². The number of nitrogens with zero attached hydrogens (tertiary/aromatic N) is 2. The molecule has 0 radical (unpaired) electrons. The second kappa shape index (κ2) is 7.70. The molecule has 2 rings (SSSR count). The average Bonchev–Trinajstić information content (AvgIpc) is 2.78. The van der Waals surface area contributed by atoms with Crippen LogP contribution in [0.25, 0.3) is 0 Å². The summed E-state index contributed by atoms with van der Waals surface area (Å²) in [5.74, 6) is -1.55. The van der Waals surface area contributed by atoms with E-state index in [1.807, 2.05) is 19.0 Å². The van der Waals surface area contributed by atoms with Crippen LogP contribution in [-0.2, 0) is 9.59 Å². The van der Waals surface area contributed by atoms with Gasteiger partial charge in [-0.1, -0.05) is 26.0 Å². The fraction of sp³-hybridized carbons (Fsp3) is 0.474. The number of ketones is 1. The third kappa shape index (κ3) is 4.02. The quantitative estimate of drug-likeness (QED) is 0.791. The predicted molar refractivity (Wildman–Crippen MR) is 95.2 cm³/mol. The van der Waals surface area contributed by atoms with Gasteiger partial charge in [-0.05, 0) is 44.8 Å². The summed E-state index contributed by atoms with van der Waals surface area (Å²) in [4.78, 5) is 28.7. The summed E-state index contributed by atoms with van der Waals surface area (Å²) in [6.45, 7) is 4.67. The summed E-state index contributed by atoms with van der Waals surface area (Å²) >= 11 is 0. The number of Topliss-reactive ketones (excluding diaryl/α,β-unsaturated/α-hetero) is 1. The van der Waals surface area contributed by atoms with Gasteiger partial charge in [-0.25, -0.2) is 0 Å². The minimum Gasteiger partial charge on any atom is -0.508 e. The maximum atomic E-state index is 12.6. The zero-order valence-corrected chi connectivity index (χ0v) is 15.2. The Labute approximate surface area is 148 Å². The summed E-state index contributed by atoms with van der Waals surface area (Å²) in [5.41, 5.74) is 0.738. The van der Waals surface area contributed by atoms with Gasteiger partial charge in [0.1, 0.15) is 5.75 Å². The summed E-state index contributed by atoms with van der Waals surface area (Å²) in [6.07, 6.45) is 0.713. The molecule has 136 valence electrons. The number of carbonyl (C=O) groups excluding carboxylic acids is 2. The van der Waals surface area contributed by atoms with E-state index in [1.54, 1.807) is 26.0 Å². The molecule has 1 amide bonds. The Bertz CT molecular complexity index is 694. The van der Waals surface area contributed by atoms with Gasteiger partial charge in [0.05, 0.1) is 11.6 Å². The van der Waals surface area contributed by atoms with E-state index in [9.17, 15) is 19.8 Å². The van der Waals surface area contributed by atoms with Gasteiger partial charge in [-0.3, -0.25) is 9.59 Å². The monoisotopic (exact) mass is 346 g/mol. The van der Waals surface area contributed by atoms with Crippen LogP contribution in [0.3, 0.4) is 0 Å². The van der Waals surface area contributed by atoms with Crippen molar-refractivity contribution in [2.45, 2.75) is 26.3 Å². The number of aromatic hydroxyl groups is 1. The topological polar surface area (TPSA) is 81.1 Å². The Morgan fingerprint density at radius 2 is 1.96 bits per heavy atom. The fourth-order valence-corrected chi connectivity index (χ4v) is 3.05. The average molecular weight is 346 g/mol. The van der Waals surface area contributed by atoms with E-state index < -0.39 is 17.7 Å². The minimum absolute atomic E-state index is 0.0564. The number of hydrogen-bond acceptors (Lipinski definition) is 5. The lowest BCUT2D eigenvalue weighted by Gasteiger charge is -2.27. The lowest BCUT2D eigenvalue weighted by molar-refractivity contribution is -0.129. The molecule has 1 aromatic rings. The molecule has 0 bridgehead atoms. The van der Waals surface area contributed by atoms with Gasteiger partial charge in [-0.15, -0.1) is 0 Å². The van der Waals surface area contributed by atoms with E-state index in [0.717, 1.165) is 6.54 Å². The number of rotatable bonds is 7. The van der Waals surface area contributed by atoms with E-state index in [-0.39, 0.29) is 23.0 Å². The Morgan fingerprint density at radius 1 is 1.28 bits per heavy atom. The Morgan fingerprint density at radius 3 is 2.52 bits per heavy atom. The van der Waals surface area contributed by atoms with Gasteiger partial charge < -0.3 is 20.0 Å². The van der Waals surface area contributed by atoms with Crippen molar-refractivity contribution in [2.75, 3.05) is 27.2 Å². The van der Waals surface area contributed by atoms with Gasteiger partial charge in [0.2, 0.25) is 0 Å². The number of phenols is 1. The van der Waals surface area contributed by atoms with E-state index in [1.165, 1.54) is 17.0 Å². The molecule has 0 aliphatic carbocycles. The normalized spacial score (nSPS) is 17.9. The fourth-order valence-electron chi connectivity index (χ4n) is 3.05. The largest absolute Gasteiger partial charge is 0.508 e. The van der Waals surface area contributed by atoms with Crippen LogP contribution in [0.15, 0.2) is 35.6 Å². The highest BCUT2D eigenvalue weighted by atomic mass is 16.3. The number of carbonyl (C=O) groups is 2. The Hall–Kier alpha value is -2.34. The molecular formula is C19H26N2O4. The molecule has 25 heavy (non-hydrogen) atoms. The van der Waals surface area contributed by atoms with Crippen LogP contribution in [0.2, 0.25) is 0 Å². The molecule has 1 aromatic carbocycles. The van der Waals surface area contributed by atoms with Gasteiger partial charge in [0.25, 0.3) is 5.91 Å². The van der Waals surface area contributed by atoms with Crippen molar-refractivity contribution in [1.29, 1.82) is 0 Å². The van der Waals surface area contributed by atoms with Gasteiger partial charge in [0.15, 0.2) is 11.5 Å². The molecule has 2 N–H and O–H groups in total. The summed E-state index contributed by atoms with van der Waals surface area (Å²) in [7, 11) is 3.89. The SMILES string of the molecule is CC(C)C(=O)C1=C(O)C(=O)N(CCCN(C)C)C1c1cccc(O)c1. The second-order valence-electron chi connectivity index (χ2n) is 6.93. The van der Waals surface area contributed by atoms with Crippen molar-refractivity contribution in [3.63, 3.8) is 0 Å². The number of amides is 1. The Balaban J connectivity index is 2.42. The number of hydrogen-bond donors (Lipinski definition) is 2. The van der Waals surface area contributed by atoms with Crippen LogP contribution in [-0.4, -0.2) is 58.9 Å². The highest BCUT2D eigenvalue weighted by molar-refractivity contribution is 6.09. The first-order valence-corrected chi connectivity index (χ1v) is 8.46. The van der Waals surface area contributed by atoms with E-state index in [2.05, 4.69) is 0 Å². The standard InChI is InChI=1S/C19H26N2O4/c1-12(2)17(23)15-16(13-7-5-8-14(22)11-13)21(19(25)18(15)24)10-6-9-20(3)4/h5,7-8,11-12,16,22,24H,6,9-10H2,1-4H3. The number of benzene rings is 1. The smallest absolute Gasteiger partial charge is 0.290 e. The minimum atomic E-state index is -0.670. The summed E-state index contributed by atoms with van der Waals surface area (Å²) in [5, 5.41) is 20.2. The second-order valence-corrected chi connectivity index (χ2v) is 6.93. The van der Waals surface area contributed by atoms with Crippen LogP contribution in [0.5, 0.6) is 5.75 Å². The molecule has 0 aromatic heterocycles. The van der Waals surface area contributed by atoms with Gasteiger partial charge >= 0.3 is 0 Å². The van der Waals surface area contributed by atoms with Gasteiger partial charge in [0, 0.05) is 12.5 Å². The molecule has 1 aliphatic heterocycles. The van der Waals surface area contributed by atoms with E-state index in [0.29, 0.717) is 18.5 Å². The number of phenolic OH excluding ortho intramolecular Hbond substituents is 1. The molecule has 1 aliphatic rings. The van der Waals surface area contributed by atoms with Crippen LogP contribution in [0.1, 0.15) is 31.9 Å².